The number of ether oxygens (including phenoxy) is 1. The van der Waals surface area contributed by atoms with E-state index in [0.29, 0.717) is 16.6 Å². The van der Waals surface area contributed by atoms with Crippen molar-refractivity contribution >= 4 is 23.2 Å². The molecule has 116 valence electrons. The number of hydrogen-bond acceptors (Lipinski definition) is 2. The van der Waals surface area contributed by atoms with E-state index in [1.54, 1.807) is 31.2 Å². The Labute approximate surface area is 136 Å². The molecular weight excluding hydrogens is 298 g/mol. The summed E-state index contributed by atoms with van der Waals surface area (Å²) < 4.78 is 5.83. The van der Waals surface area contributed by atoms with Crippen LogP contribution in [0.3, 0.4) is 0 Å². The van der Waals surface area contributed by atoms with Crippen molar-refractivity contribution in [1.29, 1.82) is 0 Å². The van der Waals surface area contributed by atoms with E-state index < -0.39 is 6.10 Å². The van der Waals surface area contributed by atoms with Crippen molar-refractivity contribution in [1.82, 2.24) is 0 Å². The fourth-order valence-corrected chi connectivity index (χ4v) is 2.31. The van der Waals surface area contributed by atoms with Crippen molar-refractivity contribution in [2.24, 2.45) is 0 Å². The first kappa shape index (κ1) is 16.4. The summed E-state index contributed by atoms with van der Waals surface area (Å²) in [4.78, 5) is 12.2. The van der Waals surface area contributed by atoms with E-state index in [1.165, 1.54) is 0 Å². The molecule has 0 fully saturated rings. The first-order valence-electron chi connectivity index (χ1n) is 7.29. The van der Waals surface area contributed by atoms with Crippen molar-refractivity contribution in [2.75, 3.05) is 5.32 Å². The third kappa shape index (κ3) is 4.25. The van der Waals surface area contributed by atoms with E-state index in [9.17, 15) is 4.79 Å². The number of para-hydroxylation sites is 1. The molecule has 2 aromatic rings. The van der Waals surface area contributed by atoms with Crippen molar-refractivity contribution < 1.29 is 9.53 Å². The lowest BCUT2D eigenvalue weighted by molar-refractivity contribution is -0.122. The number of benzene rings is 2. The third-order valence-electron chi connectivity index (χ3n) is 3.31. The topological polar surface area (TPSA) is 38.3 Å². The average molecular weight is 318 g/mol. The Morgan fingerprint density at radius 3 is 2.50 bits per heavy atom. The van der Waals surface area contributed by atoms with Gasteiger partial charge in [0.2, 0.25) is 0 Å². The number of carbonyl (C=O) groups excluding carboxylic acids is 1. The van der Waals surface area contributed by atoms with Crippen LogP contribution in [0.5, 0.6) is 5.75 Å². The molecule has 0 aromatic heterocycles. The summed E-state index contributed by atoms with van der Waals surface area (Å²) in [6.07, 6.45) is -0.598. The predicted molar refractivity (Wildman–Crippen MR) is 90.7 cm³/mol. The molecule has 2 rings (SSSR count). The zero-order valence-corrected chi connectivity index (χ0v) is 13.7. The minimum absolute atomic E-state index is 0.208. The molecule has 0 spiro atoms. The highest BCUT2D eigenvalue weighted by atomic mass is 35.5. The summed E-state index contributed by atoms with van der Waals surface area (Å²) >= 11 is 5.91. The van der Waals surface area contributed by atoms with Gasteiger partial charge in [0.25, 0.3) is 5.91 Å². The van der Waals surface area contributed by atoms with Crippen LogP contribution < -0.4 is 10.1 Å². The quantitative estimate of drug-likeness (QED) is 0.854. The number of hydrogen-bond donors (Lipinski definition) is 1. The SMILES string of the molecule is CC(Oc1ccccc1C(C)C)C(=O)Nc1cccc(Cl)c1. The molecule has 0 aliphatic rings. The average Bonchev–Trinajstić information content (AvgIpc) is 2.47. The van der Waals surface area contributed by atoms with Gasteiger partial charge in [-0.05, 0) is 42.7 Å². The second kappa shape index (κ2) is 7.32. The molecule has 1 unspecified atom stereocenters. The highest BCUT2D eigenvalue weighted by Crippen LogP contribution is 2.27. The van der Waals surface area contributed by atoms with Gasteiger partial charge in [-0.15, -0.1) is 0 Å². The van der Waals surface area contributed by atoms with Gasteiger partial charge in [0.1, 0.15) is 5.75 Å². The maximum Gasteiger partial charge on any atom is 0.265 e. The van der Waals surface area contributed by atoms with Crippen LogP contribution in [0.15, 0.2) is 48.5 Å². The van der Waals surface area contributed by atoms with E-state index >= 15 is 0 Å². The highest BCUT2D eigenvalue weighted by Gasteiger charge is 2.17. The molecule has 1 amide bonds. The zero-order chi connectivity index (χ0) is 16.1. The van der Waals surface area contributed by atoms with Crippen LogP contribution in [-0.4, -0.2) is 12.0 Å². The Morgan fingerprint density at radius 2 is 1.82 bits per heavy atom. The molecular formula is C18H20ClNO2. The predicted octanol–water partition coefficient (Wildman–Crippen LogP) is 4.87. The number of nitrogens with one attached hydrogen (secondary N) is 1. The van der Waals surface area contributed by atoms with E-state index in [0.717, 1.165) is 11.3 Å². The van der Waals surface area contributed by atoms with Crippen LogP contribution in [0.25, 0.3) is 0 Å². The largest absolute Gasteiger partial charge is 0.481 e. The maximum atomic E-state index is 12.2. The number of rotatable bonds is 5. The molecule has 0 aliphatic heterocycles. The first-order chi connectivity index (χ1) is 10.5. The molecule has 0 bridgehead atoms. The zero-order valence-electron chi connectivity index (χ0n) is 13.0. The van der Waals surface area contributed by atoms with Crippen LogP contribution in [0.4, 0.5) is 5.69 Å². The summed E-state index contributed by atoms with van der Waals surface area (Å²) in [5.41, 5.74) is 1.75. The molecule has 1 atom stereocenters. The van der Waals surface area contributed by atoms with Crippen molar-refractivity contribution in [2.45, 2.75) is 32.8 Å². The number of amides is 1. The summed E-state index contributed by atoms with van der Waals surface area (Å²) in [6.45, 7) is 5.93. The lowest BCUT2D eigenvalue weighted by atomic mass is 10.0. The van der Waals surface area contributed by atoms with Crippen LogP contribution in [0, 0.1) is 0 Å². The maximum absolute atomic E-state index is 12.2. The summed E-state index contributed by atoms with van der Waals surface area (Å²) in [5, 5.41) is 3.38. The van der Waals surface area contributed by atoms with Gasteiger partial charge < -0.3 is 10.1 Å². The Hall–Kier alpha value is -2.00. The fourth-order valence-electron chi connectivity index (χ4n) is 2.12. The molecule has 1 N–H and O–H groups in total. The smallest absolute Gasteiger partial charge is 0.265 e. The van der Waals surface area contributed by atoms with Crippen LogP contribution in [0.2, 0.25) is 5.02 Å². The highest BCUT2D eigenvalue weighted by molar-refractivity contribution is 6.30. The number of anilines is 1. The van der Waals surface area contributed by atoms with Gasteiger partial charge in [0, 0.05) is 10.7 Å². The van der Waals surface area contributed by atoms with Gasteiger partial charge in [-0.25, -0.2) is 0 Å². The van der Waals surface area contributed by atoms with Crippen LogP contribution in [0.1, 0.15) is 32.3 Å². The van der Waals surface area contributed by atoms with E-state index in [-0.39, 0.29) is 5.91 Å². The van der Waals surface area contributed by atoms with E-state index in [2.05, 4.69) is 19.2 Å². The Bertz CT molecular complexity index is 655. The Morgan fingerprint density at radius 1 is 1.09 bits per heavy atom. The van der Waals surface area contributed by atoms with Crippen molar-refractivity contribution in [3.63, 3.8) is 0 Å². The second-order valence-electron chi connectivity index (χ2n) is 5.45. The van der Waals surface area contributed by atoms with Gasteiger partial charge in [-0.3, -0.25) is 4.79 Å². The standard InChI is InChI=1S/C18H20ClNO2/c1-12(2)16-9-4-5-10-17(16)22-13(3)18(21)20-15-8-6-7-14(19)11-15/h4-13H,1-3H3,(H,20,21). The van der Waals surface area contributed by atoms with Crippen LogP contribution >= 0.6 is 11.6 Å². The molecule has 0 heterocycles. The number of halogens is 1. The minimum Gasteiger partial charge on any atom is -0.481 e. The molecule has 0 saturated heterocycles. The Balaban J connectivity index is 2.06. The summed E-state index contributed by atoms with van der Waals surface area (Å²) in [5.74, 6) is 0.867. The third-order valence-corrected chi connectivity index (χ3v) is 3.54. The Kier molecular flexibility index (Phi) is 5.45. The van der Waals surface area contributed by atoms with Crippen molar-refractivity contribution in [3.05, 3.63) is 59.1 Å². The minimum atomic E-state index is -0.598. The van der Waals surface area contributed by atoms with E-state index in [4.69, 9.17) is 16.3 Å². The van der Waals surface area contributed by atoms with E-state index in [1.807, 2.05) is 24.3 Å². The fraction of sp³-hybridized carbons (Fsp3) is 0.278. The van der Waals surface area contributed by atoms with Crippen LogP contribution in [-0.2, 0) is 4.79 Å². The van der Waals surface area contributed by atoms with Gasteiger partial charge in [0.05, 0.1) is 0 Å². The molecule has 0 aliphatic carbocycles. The first-order valence-corrected chi connectivity index (χ1v) is 7.67. The molecule has 4 heteroatoms. The monoisotopic (exact) mass is 317 g/mol. The molecule has 3 nitrogen and oxygen atoms in total. The molecule has 2 aromatic carbocycles. The number of carbonyl (C=O) groups is 1. The lowest BCUT2D eigenvalue weighted by Crippen LogP contribution is -2.30. The molecule has 0 saturated carbocycles. The molecule has 22 heavy (non-hydrogen) atoms. The summed E-state index contributed by atoms with van der Waals surface area (Å²) in [6, 6.07) is 14.8. The van der Waals surface area contributed by atoms with Gasteiger partial charge in [0.15, 0.2) is 6.10 Å². The van der Waals surface area contributed by atoms with Gasteiger partial charge in [-0.1, -0.05) is 49.7 Å². The van der Waals surface area contributed by atoms with Crippen molar-refractivity contribution in [3.8, 4) is 5.75 Å². The van der Waals surface area contributed by atoms with Gasteiger partial charge in [-0.2, -0.15) is 0 Å². The van der Waals surface area contributed by atoms with Gasteiger partial charge >= 0.3 is 0 Å². The normalized spacial score (nSPS) is 12.0. The lowest BCUT2D eigenvalue weighted by Gasteiger charge is -2.18. The second-order valence-corrected chi connectivity index (χ2v) is 5.89. The molecule has 0 radical (unpaired) electrons. The summed E-state index contributed by atoms with van der Waals surface area (Å²) in [7, 11) is 0.